The van der Waals surface area contributed by atoms with E-state index >= 15 is 0 Å². The number of hydrogen-bond donors (Lipinski definition) is 2. The van der Waals surface area contributed by atoms with Crippen LogP contribution in [0.25, 0.3) is 0 Å². The number of hydrogen-bond acceptors (Lipinski definition) is 26. The lowest BCUT2D eigenvalue weighted by Gasteiger charge is -2.47. The van der Waals surface area contributed by atoms with Gasteiger partial charge in [0, 0.05) is 47.3 Å². The number of esters is 10. The molecule has 5 aliphatic carbocycles. The molecule has 10 aliphatic rings. The summed E-state index contributed by atoms with van der Waals surface area (Å²) in [6.45, 7) is 38.6. The topological polar surface area (TPSA) is 340 Å². The fourth-order valence-electron chi connectivity index (χ4n) is 17.6. The van der Waals surface area contributed by atoms with Gasteiger partial charge in [-0.2, -0.15) is 79.0 Å². The standard InChI is InChI=1S/C25H36O8Si.C18H25F9O4.C18H20F6O6.C17H21F3O6.C14H28O2/c1-8-24(2,3)23(27)31-19-17-18(29-21(19)26)20-22(30-17)33-25(4,32-20)16-11-9-15(10-12-16)13-28-14-34(5,6)7;1-5-13(2,3)12(28)31-11-7-9(14(4,29)16(19,20)21)6-10(8-11)15(30,17(22,23)24)18(25,26)27;1-4-15(2,3)12(25)28-9-7-5-8-10(9)29-13(26)16(8,6-7)14(27)30-11(17(19,20)21)18(22,23)24;1-4-16(2,3)15(23)26-12-7-5-8-10(14(22)25-11(8)12)9(7)13(21)24-6-17(18,19)20;1-6-9-10-12(7-2)11-16-13(15)14(4,5)8-3/h9-12,17-20,22H,8,13-14H2,1-7H3;9-11,29-30H,5-8H2,1-4H3;7-11H,4-6H2,1-3H3;7-12H,4-6H2,1-3H3;12H,6-11H2,1-5H3. The van der Waals surface area contributed by atoms with Crippen LogP contribution in [0.4, 0.5) is 79.0 Å². The Balaban J connectivity index is 0.000000237. The minimum atomic E-state index is -6.28. The van der Waals surface area contributed by atoms with Crippen molar-refractivity contribution in [2.24, 2.45) is 85.8 Å². The zero-order chi connectivity index (χ0) is 105. The summed E-state index contributed by atoms with van der Waals surface area (Å²) in [5, 5.41) is 19.6. The zero-order valence-corrected chi connectivity index (χ0v) is 81.8. The van der Waals surface area contributed by atoms with Crippen LogP contribution in [0.5, 0.6) is 0 Å². The minimum absolute atomic E-state index is 0.0510. The van der Waals surface area contributed by atoms with Gasteiger partial charge in [0.1, 0.15) is 36.6 Å². The van der Waals surface area contributed by atoms with Gasteiger partial charge >= 0.3 is 96.8 Å². The van der Waals surface area contributed by atoms with Crippen molar-refractivity contribution in [1.82, 2.24) is 0 Å². The lowest BCUT2D eigenvalue weighted by Crippen LogP contribution is -2.64. The number of ether oxygens (including phenoxy) is 14. The molecule has 0 radical (unpaired) electrons. The fraction of sp³-hybridized carbons (Fsp3) is 0.826. The molecule has 1 aromatic rings. The van der Waals surface area contributed by atoms with Crippen molar-refractivity contribution in [2.45, 2.75) is 375 Å². The van der Waals surface area contributed by atoms with Gasteiger partial charge in [-0.05, 0) is 172 Å². The molecule has 784 valence electrons. The summed E-state index contributed by atoms with van der Waals surface area (Å²) in [4.78, 5) is 123. The molecule has 5 saturated heterocycles. The Hall–Kier alpha value is -7.36. The number of benzene rings is 1. The molecular formula is C92H130F18O26Si. The minimum Gasteiger partial charge on any atom is -0.465 e. The van der Waals surface area contributed by atoms with Crippen molar-refractivity contribution in [3.8, 4) is 0 Å². The van der Waals surface area contributed by atoms with Gasteiger partial charge in [-0.1, -0.05) is 112 Å². The van der Waals surface area contributed by atoms with E-state index < -0.39 is 284 Å². The van der Waals surface area contributed by atoms with Gasteiger partial charge in [0.15, 0.2) is 41.9 Å². The van der Waals surface area contributed by atoms with E-state index in [1.165, 1.54) is 33.1 Å². The maximum atomic E-state index is 13.3. The van der Waals surface area contributed by atoms with Crippen LogP contribution >= 0.6 is 0 Å². The van der Waals surface area contributed by atoms with Crippen LogP contribution in [0.15, 0.2) is 24.3 Å². The third-order valence-corrected chi connectivity index (χ3v) is 29.6. The van der Waals surface area contributed by atoms with E-state index in [2.05, 4.69) is 43.0 Å². The van der Waals surface area contributed by atoms with Crippen molar-refractivity contribution in [1.29, 1.82) is 0 Å². The Morgan fingerprint density at radius 1 is 0.526 bits per heavy atom. The molecule has 5 aliphatic heterocycles. The fourth-order valence-corrected chi connectivity index (χ4v) is 18.3. The van der Waals surface area contributed by atoms with Crippen LogP contribution in [0, 0.1) is 85.8 Å². The van der Waals surface area contributed by atoms with Gasteiger partial charge in [0.2, 0.25) is 6.10 Å². The summed E-state index contributed by atoms with van der Waals surface area (Å²) in [7, 11) is -1.25. The first kappa shape index (κ1) is 117. The van der Waals surface area contributed by atoms with E-state index in [0.717, 1.165) is 30.2 Å². The van der Waals surface area contributed by atoms with Gasteiger partial charge in [0.25, 0.3) is 11.7 Å². The van der Waals surface area contributed by atoms with Gasteiger partial charge in [-0.15, -0.1) is 0 Å². The molecule has 5 heterocycles. The van der Waals surface area contributed by atoms with Crippen molar-refractivity contribution >= 4 is 67.8 Å². The Morgan fingerprint density at radius 3 is 1.49 bits per heavy atom. The van der Waals surface area contributed by atoms with Crippen molar-refractivity contribution in [3.05, 3.63) is 35.4 Å². The highest BCUT2D eigenvalue weighted by molar-refractivity contribution is 6.76. The third-order valence-electron chi connectivity index (χ3n) is 28.6. The molecular weight excluding hydrogens is 1890 g/mol. The molecule has 0 amide bonds. The van der Waals surface area contributed by atoms with Gasteiger partial charge in [-0.25, -0.2) is 4.79 Å². The quantitative estimate of drug-likeness (QED) is 0.0229. The van der Waals surface area contributed by atoms with Crippen molar-refractivity contribution in [2.75, 3.05) is 19.4 Å². The molecule has 11 rings (SSSR count). The van der Waals surface area contributed by atoms with Crippen molar-refractivity contribution < 1.29 is 204 Å². The molecule has 4 bridgehead atoms. The SMILES string of the molecule is CCC(C)(C)C(=O)OC1C(=O)OC2C3OC(C)(c4ccc(COC[Si](C)(C)C)cc4)OC3OC12.CCC(C)(C)C(=O)OC1C2CC3C1OC(=O)C3(C(=O)OC(C(F)(F)F)C(F)(F)F)C2.CCC(C)(C)C(=O)OC1C2CC3C1OC(=O)C3C2C(=O)OCC(F)(F)F.CCC(C)(C)C(=O)OC1CC(C(C)(O)C(F)(F)F)CC(C(O)(C(F)(F)F)C(F)(F)F)C1.CCCCC(CC)COC(=O)C(C)(C)CC. The molecule has 0 aromatic heterocycles. The van der Waals surface area contributed by atoms with Crippen LogP contribution in [-0.2, 0) is 127 Å². The Kier molecular flexibility index (Phi) is 36.3. The second kappa shape index (κ2) is 42.7. The number of carbonyl (C=O) groups excluding carboxylic acids is 10. The highest BCUT2D eigenvalue weighted by Crippen LogP contribution is 2.65. The summed E-state index contributed by atoms with van der Waals surface area (Å²) < 4.78 is 309. The van der Waals surface area contributed by atoms with E-state index in [9.17, 15) is 137 Å². The van der Waals surface area contributed by atoms with Crippen LogP contribution in [0.3, 0.4) is 0 Å². The molecule has 45 heteroatoms. The lowest BCUT2D eigenvalue weighted by atomic mass is 9.66. The first-order chi connectivity index (χ1) is 62.3. The highest BCUT2D eigenvalue weighted by atomic mass is 28.3. The number of rotatable bonds is 31. The smallest absolute Gasteiger partial charge is 0.434 e. The predicted octanol–water partition coefficient (Wildman–Crippen LogP) is 18.3. The Bertz CT molecular complexity index is 4360. The number of alkyl halides is 18. The molecule has 10 fully saturated rings. The van der Waals surface area contributed by atoms with E-state index in [4.69, 9.17) is 56.8 Å². The number of carbonyl (C=O) groups is 10. The molecule has 2 N–H and O–H groups in total. The van der Waals surface area contributed by atoms with E-state index in [1.807, 2.05) is 65.8 Å². The number of halogens is 18. The number of unbranched alkanes of at least 4 members (excludes halogenated alkanes) is 1. The molecule has 22 atom stereocenters. The predicted molar refractivity (Wildman–Crippen MR) is 446 cm³/mol. The molecule has 137 heavy (non-hydrogen) atoms. The summed E-state index contributed by atoms with van der Waals surface area (Å²) in [6, 6.07) is 7.89. The largest absolute Gasteiger partial charge is 0.465 e. The first-order valence-electron chi connectivity index (χ1n) is 45.9. The summed E-state index contributed by atoms with van der Waals surface area (Å²) in [6.07, 6.45) is -43.3. The van der Waals surface area contributed by atoms with E-state index in [0.29, 0.717) is 44.8 Å². The van der Waals surface area contributed by atoms with Gasteiger partial charge in [-0.3, -0.25) is 43.2 Å². The summed E-state index contributed by atoms with van der Waals surface area (Å²) in [5.41, 5.74) is -13.2. The van der Waals surface area contributed by atoms with E-state index in [-0.39, 0.29) is 37.1 Å². The number of fused-ring (bicyclic) bond motifs is 5. The monoisotopic (exact) mass is 2020 g/mol. The van der Waals surface area contributed by atoms with Gasteiger partial charge in [0.05, 0.1) is 60.2 Å². The molecule has 0 spiro atoms. The second-order valence-electron chi connectivity index (χ2n) is 41.8. The van der Waals surface area contributed by atoms with Crippen LogP contribution < -0.4 is 0 Å². The Morgan fingerprint density at radius 2 is 1.01 bits per heavy atom. The normalized spacial score (nSPS) is 29.7. The van der Waals surface area contributed by atoms with Crippen LogP contribution in [0.1, 0.15) is 239 Å². The summed E-state index contributed by atoms with van der Waals surface area (Å²) in [5.74, 6) is -18.1. The molecule has 26 nitrogen and oxygen atoms in total. The number of aliphatic hydroxyl groups is 2. The van der Waals surface area contributed by atoms with Crippen LogP contribution in [0.2, 0.25) is 19.6 Å². The maximum Gasteiger partial charge on any atom is 0.434 e. The zero-order valence-electron chi connectivity index (χ0n) is 80.8. The average Bonchev–Trinajstić information content (AvgIpc) is 1.53. The maximum absolute atomic E-state index is 13.3. The Labute approximate surface area is 784 Å². The van der Waals surface area contributed by atoms with Crippen LogP contribution in [-0.4, -0.2) is 213 Å². The lowest BCUT2D eigenvalue weighted by molar-refractivity contribution is -0.391. The molecule has 5 saturated carbocycles. The van der Waals surface area contributed by atoms with Crippen molar-refractivity contribution in [3.63, 3.8) is 0 Å². The van der Waals surface area contributed by atoms with E-state index in [1.54, 1.807) is 55.4 Å². The average molecular weight is 2020 g/mol. The van der Waals surface area contributed by atoms with Gasteiger partial charge < -0.3 is 76.5 Å². The molecule has 22 unspecified atom stereocenters. The third kappa shape index (κ3) is 26.0. The molecule has 1 aromatic carbocycles. The summed E-state index contributed by atoms with van der Waals surface area (Å²) >= 11 is 0. The highest BCUT2D eigenvalue weighted by Gasteiger charge is 2.79. The first-order valence-corrected chi connectivity index (χ1v) is 49.6. The second-order valence-corrected chi connectivity index (χ2v) is 47.2.